The van der Waals surface area contributed by atoms with Crippen molar-refractivity contribution in [2.45, 2.75) is 114 Å². The normalized spacial score (nSPS) is 11.2. The van der Waals surface area contributed by atoms with E-state index in [1.807, 2.05) is 0 Å². The summed E-state index contributed by atoms with van der Waals surface area (Å²) in [6.07, 6.45) is 13.8. The van der Waals surface area contributed by atoms with E-state index in [0.29, 0.717) is 47.0 Å². The summed E-state index contributed by atoms with van der Waals surface area (Å²) in [4.78, 5) is -0.341. The fourth-order valence-electron chi connectivity index (χ4n) is 5.69. The molecule has 0 fully saturated rings. The van der Waals surface area contributed by atoms with E-state index in [1.165, 1.54) is 80.3 Å². The Labute approximate surface area is 345 Å². The van der Waals surface area contributed by atoms with Gasteiger partial charge in [0.15, 0.2) is 0 Å². The van der Waals surface area contributed by atoms with Crippen LogP contribution in [0.25, 0.3) is 0 Å². The second-order valence-electron chi connectivity index (χ2n) is 12.6. The topological polar surface area (TPSA) is 173 Å². The van der Waals surface area contributed by atoms with Crippen LogP contribution in [-0.2, 0) is 33.1 Å². The molecule has 13 heteroatoms. The zero-order valence-electron chi connectivity index (χ0n) is 30.7. The first-order valence-electron chi connectivity index (χ1n) is 17.9. The molecule has 0 spiro atoms. The van der Waals surface area contributed by atoms with E-state index < -0.39 is 20.2 Å². The fourth-order valence-corrected chi connectivity index (χ4v) is 7.21. The average Bonchev–Trinajstić information content (AvgIpc) is 3.10. The molecule has 284 valence electrons. The van der Waals surface area contributed by atoms with Crippen molar-refractivity contribution in [3.63, 3.8) is 0 Å². The van der Waals surface area contributed by atoms with Crippen LogP contribution in [-0.4, -0.2) is 68.8 Å². The van der Waals surface area contributed by atoms with Gasteiger partial charge in [-0.25, -0.2) is 8.42 Å². The van der Waals surface area contributed by atoms with Gasteiger partial charge in [-0.1, -0.05) is 102 Å². The zero-order valence-corrected chi connectivity index (χ0v) is 34.5. The van der Waals surface area contributed by atoms with Crippen LogP contribution in [0.1, 0.15) is 102 Å². The Bertz CT molecular complexity index is 1740. The van der Waals surface area contributed by atoms with E-state index in [1.54, 1.807) is 30.3 Å². The van der Waals surface area contributed by atoms with Crippen molar-refractivity contribution in [1.29, 1.82) is 0 Å². The molecular formula is C40H50CaO10S2. The van der Waals surface area contributed by atoms with Crippen molar-refractivity contribution in [3.05, 3.63) is 96.1 Å². The second kappa shape index (κ2) is 23.8. The number of phenolic OH excluding ortho intramolecular Hbond substituents is 1. The van der Waals surface area contributed by atoms with Crippen LogP contribution in [0, 0.1) is 0 Å². The molecule has 53 heavy (non-hydrogen) atoms. The first kappa shape index (κ1) is 46.3. The molecule has 10 nitrogen and oxygen atoms in total. The van der Waals surface area contributed by atoms with Crippen molar-refractivity contribution in [2.24, 2.45) is 0 Å². The third-order valence-electron chi connectivity index (χ3n) is 8.40. The molecule has 4 aromatic rings. The molecular weight excluding hydrogens is 745 g/mol. The number of rotatable bonds is 20. The summed E-state index contributed by atoms with van der Waals surface area (Å²) in [6, 6.07) is 21.1. The zero-order chi connectivity index (χ0) is 38.0. The first-order chi connectivity index (χ1) is 24.8. The molecule has 0 heterocycles. The Hall–Kier alpha value is -2.84. The Morgan fingerprint density at radius 2 is 0.962 bits per heavy atom. The molecule has 0 aliphatic heterocycles. The van der Waals surface area contributed by atoms with Crippen LogP contribution in [0.4, 0.5) is 0 Å². The maximum absolute atomic E-state index is 11.7. The quantitative estimate of drug-likeness (QED) is 0.0499. The summed E-state index contributed by atoms with van der Waals surface area (Å²) < 4.78 is 79.5. The predicted octanol–water partition coefficient (Wildman–Crippen LogP) is 9.31. The third kappa shape index (κ3) is 16.6. The molecule has 0 saturated heterocycles. The van der Waals surface area contributed by atoms with E-state index in [9.17, 15) is 36.2 Å². The summed E-state index contributed by atoms with van der Waals surface area (Å²) in [5.41, 5.74) is 0.891. The van der Waals surface area contributed by atoms with Gasteiger partial charge in [-0.05, 0) is 86.3 Å². The Balaban J connectivity index is 0.000000360. The smallest absolute Gasteiger partial charge is 0.872 e. The van der Waals surface area contributed by atoms with Crippen LogP contribution in [0.15, 0.2) is 94.7 Å². The Morgan fingerprint density at radius 3 is 1.40 bits per heavy atom. The van der Waals surface area contributed by atoms with Gasteiger partial charge in [0, 0.05) is 11.1 Å². The fraction of sp³-hybridized carbons (Fsp3) is 0.400. The number of phenols is 1. The van der Waals surface area contributed by atoms with E-state index >= 15 is 0 Å². The number of hydrogen-bond donors (Lipinski definition) is 2. The third-order valence-corrected chi connectivity index (χ3v) is 10.3. The molecule has 2 N–H and O–H groups in total. The van der Waals surface area contributed by atoms with Gasteiger partial charge in [0.1, 0.15) is 43.8 Å². The molecule has 0 aliphatic carbocycles. The van der Waals surface area contributed by atoms with Crippen LogP contribution < -0.4 is 14.6 Å². The van der Waals surface area contributed by atoms with E-state index in [4.69, 9.17) is 9.47 Å². The molecule has 0 radical (unpaired) electrons. The largest absolute Gasteiger partial charge is 2.00 e. The molecule has 0 saturated carbocycles. The summed E-state index contributed by atoms with van der Waals surface area (Å²) in [6.45, 7) is 4.31. The monoisotopic (exact) mass is 794 g/mol. The van der Waals surface area contributed by atoms with Crippen molar-refractivity contribution in [2.75, 3.05) is 0 Å². The number of unbranched alkanes of at least 4 members (excludes halogenated alkanes) is 10. The molecule has 0 aliphatic rings. The molecule has 0 bridgehead atoms. The summed E-state index contributed by atoms with van der Waals surface area (Å²) in [5.74, 6) is 1.64. The molecule has 0 atom stereocenters. The predicted molar refractivity (Wildman–Crippen MR) is 205 cm³/mol. The SMILES string of the molecule is CCCCCCCCc1c(Oc2ccc(O)cc2)cccc1S(=O)(=O)O.CCCCCCCCc1c(Oc2ccc([O-])cc2)cccc1S(=O)(=O)[O-].[Ca+2]. The molecule has 4 rings (SSSR count). The van der Waals surface area contributed by atoms with Gasteiger partial charge in [-0.3, -0.25) is 4.55 Å². The summed E-state index contributed by atoms with van der Waals surface area (Å²) >= 11 is 0. The molecule has 4 aromatic carbocycles. The summed E-state index contributed by atoms with van der Waals surface area (Å²) in [7, 11) is -8.91. The van der Waals surface area contributed by atoms with Crippen molar-refractivity contribution >= 4 is 58.0 Å². The van der Waals surface area contributed by atoms with Crippen molar-refractivity contribution in [1.82, 2.24) is 0 Å². The minimum Gasteiger partial charge on any atom is -0.872 e. The van der Waals surface area contributed by atoms with Crippen LogP contribution in [0.3, 0.4) is 0 Å². The van der Waals surface area contributed by atoms with Crippen LogP contribution in [0.5, 0.6) is 34.5 Å². The second-order valence-corrected chi connectivity index (χ2v) is 15.3. The summed E-state index contributed by atoms with van der Waals surface area (Å²) in [5, 5.41) is 20.6. The van der Waals surface area contributed by atoms with E-state index in [-0.39, 0.29) is 59.0 Å². The van der Waals surface area contributed by atoms with Gasteiger partial charge in [0.05, 0.1) is 4.90 Å². The average molecular weight is 795 g/mol. The minimum absolute atomic E-state index is 0. The Kier molecular flexibility index (Phi) is 20.8. The minimum atomic E-state index is -4.59. The molecule has 0 aromatic heterocycles. The maximum atomic E-state index is 11.7. The van der Waals surface area contributed by atoms with E-state index in [2.05, 4.69) is 13.8 Å². The van der Waals surface area contributed by atoms with Crippen molar-refractivity contribution < 1.29 is 45.6 Å². The number of benzene rings is 4. The number of aromatic hydroxyl groups is 1. The Morgan fingerprint density at radius 1 is 0.566 bits per heavy atom. The van der Waals surface area contributed by atoms with Gasteiger partial charge < -0.3 is 24.2 Å². The number of hydrogen-bond acceptors (Lipinski definition) is 9. The first-order valence-corrected chi connectivity index (χ1v) is 20.8. The van der Waals surface area contributed by atoms with Gasteiger partial charge in [0.25, 0.3) is 10.1 Å². The van der Waals surface area contributed by atoms with E-state index in [0.717, 1.165) is 51.4 Å². The standard InChI is InChI=1S/2C20H26O5S.Ca/c2*1-2-3-4-5-6-7-9-18-19(10-8-11-20(18)26(22,23)24)25-17-14-12-16(21)13-15-17;/h2*8,10-15,21H,2-7,9H2,1H3,(H,22,23,24);/q;;+2/p-2. The van der Waals surface area contributed by atoms with Gasteiger partial charge >= 0.3 is 37.7 Å². The molecule has 0 amide bonds. The maximum Gasteiger partial charge on any atom is 2.00 e. The van der Waals surface area contributed by atoms with Crippen LogP contribution >= 0.6 is 0 Å². The molecule has 0 unspecified atom stereocenters. The van der Waals surface area contributed by atoms with Gasteiger partial charge in [-0.2, -0.15) is 8.42 Å². The van der Waals surface area contributed by atoms with Crippen molar-refractivity contribution in [3.8, 4) is 34.5 Å². The number of ether oxygens (including phenoxy) is 2. The van der Waals surface area contributed by atoms with Gasteiger partial charge in [-0.15, -0.1) is 5.75 Å². The van der Waals surface area contributed by atoms with Crippen LogP contribution in [0.2, 0.25) is 0 Å². The van der Waals surface area contributed by atoms with Gasteiger partial charge in [0.2, 0.25) is 0 Å².